The molecule has 0 radical (unpaired) electrons. The standard InChI is InChI=1S/C17H29NO/c1-7-13(10-19)16(18)15-11(2)8-14(9-12(15)3)17(4,5)6/h8-9,13,16,19H,7,10,18H2,1-6H3. The van der Waals surface area contributed by atoms with Gasteiger partial charge in [-0.05, 0) is 47.9 Å². The Kier molecular flexibility index (Phi) is 5.17. The fraction of sp³-hybridized carbons (Fsp3) is 0.647. The smallest absolute Gasteiger partial charge is 0.0477 e. The molecular formula is C17H29NO. The van der Waals surface area contributed by atoms with Gasteiger partial charge in [-0.25, -0.2) is 0 Å². The van der Waals surface area contributed by atoms with Crippen LogP contribution >= 0.6 is 0 Å². The summed E-state index contributed by atoms with van der Waals surface area (Å²) in [6, 6.07) is 4.41. The van der Waals surface area contributed by atoms with E-state index in [4.69, 9.17) is 5.73 Å². The predicted octanol–water partition coefficient (Wildman–Crippen LogP) is 3.62. The third kappa shape index (κ3) is 3.58. The highest BCUT2D eigenvalue weighted by Gasteiger charge is 2.23. The summed E-state index contributed by atoms with van der Waals surface area (Å²) in [7, 11) is 0. The average Bonchev–Trinajstić information content (AvgIpc) is 2.28. The van der Waals surface area contributed by atoms with Gasteiger partial charge in [0, 0.05) is 18.6 Å². The molecule has 0 spiro atoms. The highest BCUT2D eigenvalue weighted by atomic mass is 16.3. The Balaban J connectivity index is 3.24. The molecule has 0 amide bonds. The van der Waals surface area contributed by atoms with Gasteiger partial charge in [-0.15, -0.1) is 0 Å². The maximum Gasteiger partial charge on any atom is 0.0477 e. The summed E-state index contributed by atoms with van der Waals surface area (Å²) in [6.07, 6.45) is 0.900. The third-order valence-electron chi connectivity index (χ3n) is 4.06. The number of aliphatic hydroxyl groups is 1. The van der Waals surface area contributed by atoms with Crippen molar-refractivity contribution in [3.05, 3.63) is 34.4 Å². The Hall–Kier alpha value is -0.860. The van der Waals surface area contributed by atoms with Crippen molar-refractivity contribution >= 4 is 0 Å². The second-order valence-electron chi connectivity index (χ2n) is 6.65. The van der Waals surface area contributed by atoms with Crippen molar-refractivity contribution in [1.82, 2.24) is 0 Å². The van der Waals surface area contributed by atoms with E-state index in [9.17, 15) is 5.11 Å². The molecular weight excluding hydrogens is 234 g/mol. The van der Waals surface area contributed by atoms with Gasteiger partial charge in [-0.3, -0.25) is 0 Å². The fourth-order valence-corrected chi connectivity index (χ4v) is 2.67. The Morgan fingerprint density at radius 1 is 1.16 bits per heavy atom. The molecule has 0 saturated heterocycles. The first-order chi connectivity index (χ1) is 8.72. The Labute approximate surface area is 118 Å². The van der Waals surface area contributed by atoms with Crippen LogP contribution in [0, 0.1) is 19.8 Å². The van der Waals surface area contributed by atoms with E-state index >= 15 is 0 Å². The molecule has 0 aliphatic carbocycles. The van der Waals surface area contributed by atoms with Gasteiger partial charge in [-0.2, -0.15) is 0 Å². The van der Waals surface area contributed by atoms with Gasteiger partial charge in [-0.1, -0.05) is 39.8 Å². The average molecular weight is 263 g/mol. The molecule has 1 aromatic rings. The molecule has 1 aromatic carbocycles. The molecule has 0 bridgehead atoms. The monoisotopic (exact) mass is 263 g/mol. The molecule has 2 nitrogen and oxygen atoms in total. The molecule has 0 aliphatic heterocycles. The summed E-state index contributed by atoms with van der Waals surface area (Å²) in [5, 5.41) is 9.44. The van der Waals surface area contributed by atoms with Crippen molar-refractivity contribution < 1.29 is 5.11 Å². The Bertz CT molecular complexity index is 404. The molecule has 0 aromatic heterocycles. The first-order valence-electron chi connectivity index (χ1n) is 7.20. The molecule has 108 valence electrons. The Morgan fingerprint density at radius 2 is 1.63 bits per heavy atom. The van der Waals surface area contributed by atoms with Gasteiger partial charge >= 0.3 is 0 Å². The number of rotatable bonds is 4. The van der Waals surface area contributed by atoms with Crippen LogP contribution in [-0.2, 0) is 5.41 Å². The van der Waals surface area contributed by atoms with Crippen LogP contribution in [0.4, 0.5) is 0 Å². The zero-order valence-corrected chi connectivity index (χ0v) is 13.2. The van der Waals surface area contributed by atoms with Crippen molar-refractivity contribution in [2.24, 2.45) is 11.7 Å². The lowest BCUT2D eigenvalue weighted by Crippen LogP contribution is -2.26. The number of benzene rings is 1. The maximum atomic E-state index is 9.44. The summed E-state index contributed by atoms with van der Waals surface area (Å²) in [5.41, 5.74) is 11.5. The SMILES string of the molecule is CCC(CO)C(N)c1c(C)cc(C(C)(C)C)cc1C. The van der Waals surface area contributed by atoms with Crippen LogP contribution in [-0.4, -0.2) is 11.7 Å². The minimum Gasteiger partial charge on any atom is -0.396 e. The quantitative estimate of drug-likeness (QED) is 0.871. The van der Waals surface area contributed by atoms with E-state index in [2.05, 4.69) is 53.7 Å². The first kappa shape index (κ1) is 16.2. The topological polar surface area (TPSA) is 46.2 Å². The molecule has 0 fully saturated rings. The molecule has 0 saturated carbocycles. The zero-order chi connectivity index (χ0) is 14.8. The van der Waals surface area contributed by atoms with Crippen molar-refractivity contribution in [1.29, 1.82) is 0 Å². The summed E-state index contributed by atoms with van der Waals surface area (Å²) >= 11 is 0. The molecule has 1 rings (SSSR count). The van der Waals surface area contributed by atoms with Gasteiger partial charge in [0.25, 0.3) is 0 Å². The predicted molar refractivity (Wildman–Crippen MR) is 82.4 cm³/mol. The second-order valence-corrected chi connectivity index (χ2v) is 6.65. The number of hydrogen-bond acceptors (Lipinski definition) is 2. The maximum absolute atomic E-state index is 9.44. The van der Waals surface area contributed by atoms with E-state index in [0.717, 1.165) is 6.42 Å². The molecule has 2 atom stereocenters. The highest BCUT2D eigenvalue weighted by Crippen LogP contribution is 2.32. The lowest BCUT2D eigenvalue weighted by molar-refractivity contribution is 0.200. The van der Waals surface area contributed by atoms with Gasteiger partial charge in [0.15, 0.2) is 0 Å². The Morgan fingerprint density at radius 3 is 1.95 bits per heavy atom. The van der Waals surface area contributed by atoms with E-state index < -0.39 is 0 Å². The van der Waals surface area contributed by atoms with Gasteiger partial charge < -0.3 is 10.8 Å². The number of aliphatic hydroxyl groups excluding tert-OH is 1. The summed E-state index contributed by atoms with van der Waals surface area (Å²) in [5.74, 6) is 0.137. The van der Waals surface area contributed by atoms with Crippen molar-refractivity contribution in [2.45, 2.75) is 59.4 Å². The van der Waals surface area contributed by atoms with Crippen LogP contribution < -0.4 is 5.73 Å². The van der Waals surface area contributed by atoms with Crippen molar-refractivity contribution in [3.8, 4) is 0 Å². The lowest BCUT2D eigenvalue weighted by atomic mass is 9.80. The second kappa shape index (κ2) is 6.06. The van der Waals surface area contributed by atoms with Gasteiger partial charge in [0.05, 0.1) is 0 Å². The van der Waals surface area contributed by atoms with E-state index in [-0.39, 0.29) is 24.0 Å². The summed E-state index contributed by atoms with van der Waals surface area (Å²) in [6.45, 7) is 13.2. The van der Waals surface area contributed by atoms with Crippen LogP contribution in [0.2, 0.25) is 0 Å². The number of aryl methyl sites for hydroxylation is 2. The van der Waals surface area contributed by atoms with Gasteiger partial charge in [0.1, 0.15) is 0 Å². The van der Waals surface area contributed by atoms with Crippen LogP contribution in [0.1, 0.15) is 62.4 Å². The number of hydrogen-bond donors (Lipinski definition) is 2. The van der Waals surface area contributed by atoms with Crippen LogP contribution in [0.15, 0.2) is 12.1 Å². The van der Waals surface area contributed by atoms with E-state index in [0.29, 0.717) is 0 Å². The normalized spacial score (nSPS) is 15.4. The van der Waals surface area contributed by atoms with Gasteiger partial charge in [0.2, 0.25) is 0 Å². The highest BCUT2D eigenvalue weighted by molar-refractivity contribution is 5.42. The molecule has 0 heterocycles. The summed E-state index contributed by atoms with van der Waals surface area (Å²) in [4.78, 5) is 0. The fourth-order valence-electron chi connectivity index (χ4n) is 2.67. The van der Waals surface area contributed by atoms with Crippen molar-refractivity contribution in [3.63, 3.8) is 0 Å². The zero-order valence-electron chi connectivity index (χ0n) is 13.2. The molecule has 2 unspecified atom stereocenters. The number of nitrogens with two attached hydrogens (primary N) is 1. The lowest BCUT2D eigenvalue weighted by Gasteiger charge is -2.27. The minimum absolute atomic E-state index is 0.0796. The van der Waals surface area contributed by atoms with Crippen molar-refractivity contribution in [2.75, 3.05) is 6.61 Å². The summed E-state index contributed by atoms with van der Waals surface area (Å²) < 4.78 is 0. The van der Waals surface area contributed by atoms with E-state index in [1.165, 1.54) is 22.3 Å². The minimum atomic E-state index is -0.0796. The van der Waals surface area contributed by atoms with Crippen LogP contribution in [0.5, 0.6) is 0 Å². The molecule has 2 heteroatoms. The first-order valence-corrected chi connectivity index (χ1v) is 7.20. The molecule has 19 heavy (non-hydrogen) atoms. The molecule has 3 N–H and O–H groups in total. The van der Waals surface area contributed by atoms with Crippen LogP contribution in [0.3, 0.4) is 0 Å². The van der Waals surface area contributed by atoms with E-state index in [1.54, 1.807) is 0 Å². The largest absolute Gasteiger partial charge is 0.396 e. The van der Waals surface area contributed by atoms with E-state index in [1.807, 2.05) is 0 Å². The molecule has 0 aliphatic rings. The van der Waals surface area contributed by atoms with Crippen LogP contribution in [0.25, 0.3) is 0 Å². The third-order valence-corrected chi connectivity index (χ3v) is 4.06.